The van der Waals surface area contributed by atoms with Crippen LogP contribution in [0.4, 0.5) is 10.5 Å². The third-order valence-electron chi connectivity index (χ3n) is 6.15. The molecule has 0 atom stereocenters. The highest BCUT2D eigenvalue weighted by Crippen LogP contribution is 2.25. The third-order valence-corrected chi connectivity index (χ3v) is 6.15. The maximum Gasteiger partial charge on any atom is 0.340 e. The van der Waals surface area contributed by atoms with Crippen molar-refractivity contribution in [2.24, 2.45) is 5.92 Å². The van der Waals surface area contributed by atoms with Crippen molar-refractivity contribution in [1.82, 2.24) is 4.90 Å². The summed E-state index contributed by atoms with van der Waals surface area (Å²) in [5.41, 5.74) is 4.66. The van der Waals surface area contributed by atoms with Gasteiger partial charge in [0.15, 0.2) is 0 Å². The van der Waals surface area contributed by atoms with Crippen molar-refractivity contribution < 1.29 is 14.3 Å². The van der Waals surface area contributed by atoms with Gasteiger partial charge in [0.2, 0.25) is 0 Å². The molecule has 170 valence electrons. The molecule has 5 nitrogen and oxygen atoms in total. The molecule has 0 spiro atoms. The van der Waals surface area contributed by atoms with Crippen molar-refractivity contribution in [3.05, 3.63) is 90.0 Å². The van der Waals surface area contributed by atoms with Gasteiger partial charge in [0, 0.05) is 13.1 Å². The molecule has 3 aromatic rings. The number of para-hydroxylation sites is 1. The topological polar surface area (TPSA) is 58.6 Å². The van der Waals surface area contributed by atoms with Gasteiger partial charge in [-0.15, -0.1) is 0 Å². The molecular weight excluding hydrogens is 412 g/mol. The van der Waals surface area contributed by atoms with E-state index in [1.54, 1.807) is 31.2 Å². The molecular formula is C28H30N2O3. The molecule has 3 aromatic carbocycles. The first-order valence-corrected chi connectivity index (χ1v) is 11.6. The quantitative estimate of drug-likeness (QED) is 0.475. The summed E-state index contributed by atoms with van der Waals surface area (Å²) in [6.45, 7) is 3.48. The summed E-state index contributed by atoms with van der Waals surface area (Å²) in [7, 11) is 0. The molecule has 1 N–H and O–H groups in total. The van der Waals surface area contributed by atoms with Gasteiger partial charge in [0.05, 0.1) is 17.9 Å². The Bertz CT molecular complexity index is 1070. The molecule has 2 amide bonds. The predicted octanol–water partition coefficient (Wildman–Crippen LogP) is 6.02. The van der Waals surface area contributed by atoms with Gasteiger partial charge in [0.25, 0.3) is 0 Å². The SMILES string of the molecule is CCOC(=O)c1ccccc1NC(=O)N1CCC(Cc2ccc(-c3ccccc3)cc2)CC1. The minimum atomic E-state index is -0.426. The van der Waals surface area contributed by atoms with Crippen LogP contribution in [-0.4, -0.2) is 36.6 Å². The number of piperidine rings is 1. The van der Waals surface area contributed by atoms with Crippen LogP contribution in [0.1, 0.15) is 35.7 Å². The number of amides is 2. The zero-order valence-electron chi connectivity index (χ0n) is 19.0. The lowest BCUT2D eigenvalue weighted by molar-refractivity contribution is 0.0527. The first-order chi connectivity index (χ1) is 16.1. The van der Waals surface area contributed by atoms with Gasteiger partial charge in [-0.3, -0.25) is 0 Å². The molecule has 1 aliphatic heterocycles. The molecule has 0 unspecified atom stereocenters. The van der Waals surface area contributed by atoms with Crippen molar-refractivity contribution in [2.75, 3.05) is 25.0 Å². The lowest BCUT2D eigenvalue weighted by atomic mass is 9.89. The van der Waals surface area contributed by atoms with Crippen LogP contribution in [0.15, 0.2) is 78.9 Å². The van der Waals surface area contributed by atoms with E-state index in [4.69, 9.17) is 4.74 Å². The fourth-order valence-electron chi connectivity index (χ4n) is 4.31. The van der Waals surface area contributed by atoms with Crippen LogP contribution >= 0.6 is 0 Å². The molecule has 5 heteroatoms. The smallest absolute Gasteiger partial charge is 0.340 e. The highest BCUT2D eigenvalue weighted by atomic mass is 16.5. The Kier molecular flexibility index (Phi) is 7.40. The van der Waals surface area contributed by atoms with E-state index in [1.807, 2.05) is 11.0 Å². The van der Waals surface area contributed by atoms with Gasteiger partial charge in [-0.2, -0.15) is 0 Å². The second-order valence-corrected chi connectivity index (χ2v) is 8.39. The number of ether oxygens (including phenoxy) is 1. The lowest BCUT2D eigenvalue weighted by Gasteiger charge is -2.32. The Labute approximate surface area is 195 Å². The van der Waals surface area contributed by atoms with Gasteiger partial charge < -0.3 is 15.0 Å². The first-order valence-electron chi connectivity index (χ1n) is 11.6. The number of nitrogens with zero attached hydrogens (tertiary/aromatic N) is 1. The minimum absolute atomic E-state index is 0.169. The number of nitrogens with one attached hydrogen (secondary N) is 1. The molecule has 0 saturated carbocycles. The Balaban J connectivity index is 1.29. The number of anilines is 1. The van der Waals surface area contributed by atoms with Crippen molar-refractivity contribution in [1.29, 1.82) is 0 Å². The number of hydrogen-bond donors (Lipinski definition) is 1. The molecule has 0 bridgehead atoms. The predicted molar refractivity (Wildman–Crippen MR) is 131 cm³/mol. The average Bonchev–Trinajstić information content (AvgIpc) is 2.86. The first kappa shape index (κ1) is 22.6. The molecule has 1 aliphatic rings. The van der Waals surface area contributed by atoms with Crippen molar-refractivity contribution in [3.63, 3.8) is 0 Å². The van der Waals surface area contributed by atoms with Crippen molar-refractivity contribution in [2.45, 2.75) is 26.2 Å². The number of urea groups is 1. The monoisotopic (exact) mass is 442 g/mol. The summed E-state index contributed by atoms with van der Waals surface area (Å²) in [6.07, 6.45) is 2.96. The summed E-state index contributed by atoms with van der Waals surface area (Å²) in [4.78, 5) is 26.8. The third kappa shape index (κ3) is 5.80. The molecule has 1 heterocycles. The van der Waals surface area contributed by atoms with E-state index in [-0.39, 0.29) is 6.03 Å². The summed E-state index contributed by atoms with van der Waals surface area (Å²) < 4.78 is 5.09. The second-order valence-electron chi connectivity index (χ2n) is 8.39. The van der Waals surface area contributed by atoms with Gasteiger partial charge in [0.1, 0.15) is 0 Å². The number of benzene rings is 3. The van der Waals surface area contributed by atoms with Crippen molar-refractivity contribution >= 4 is 17.7 Å². The molecule has 0 aliphatic carbocycles. The summed E-state index contributed by atoms with van der Waals surface area (Å²) >= 11 is 0. The molecule has 1 saturated heterocycles. The Hall–Kier alpha value is -3.60. The van der Waals surface area contributed by atoms with Crippen LogP contribution in [-0.2, 0) is 11.2 Å². The van der Waals surface area contributed by atoms with E-state index in [0.717, 1.165) is 19.3 Å². The number of hydrogen-bond acceptors (Lipinski definition) is 3. The van der Waals surface area contributed by atoms with Crippen LogP contribution < -0.4 is 5.32 Å². The van der Waals surface area contributed by atoms with E-state index in [2.05, 4.69) is 53.8 Å². The molecule has 0 aromatic heterocycles. The van der Waals surface area contributed by atoms with Crippen LogP contribution in [0, 0.1) is 5.92 Å². The minimum Gasteiger partial charge on any atom is -0.462 e. The fourth-order valence-corrected chi connectivity index (χ4v) is 4.31. The average molecular weight is 443 g/mol. The zero-order chi connectivity index (χ0) is 23.0. The number of rotatable bonds is 6. The van der Waals surface area contributed by atoms with Crippen LogP contribution in [0.25, 0.3) is 11.1 Å². The Morgan fingerprint density at radius 2 is 1.52 bits per heavy atom. The summed E-state index contributed by atoms with van der Waals surface area (Å²) in [6, 6.07) is 26.0. The zero-order valence-corrected chi connectivity index (χ0v) is 19.0. The second kappa shape index (κ2) is 10.8. The van der Waals surface area contributed by atoms with Gasteiger partial charge >= 0.3 is 12.0 Å². The lowest BCUT2D eigenvalue weighted by Crippen LogP contribution is -2.41. The van der Waals surface area contributed by atoms with Crippen LogP contribution in [0.3, 0.4) is 0 Å². The van der Waals surface area contributed by atoms with Crippen molar-refractivity contribution in [3.8, 4) is 11.1 Å². The Morgan fingerprint density at radius 1 is 0.879 bits per heavy atom. The maximum absolute atomic E-state index is 12.8. The van der Waals surface area contributed by atoms with Gasteiger partial charge in [-0.05, 0) is 60.9 Å². The molecule has 1 fully saturated rings. The van der Waals surface area contributed by atoms with Crippen LogP contribution in [0.5, 0.6) is 0 Å². The van der Waals surface area contributed by atoms with E-state index in [0.29, 0.717) is 36.9 Å². The normalized spacial score (nSPS) is 14.0. The molecule has 33 heavy (non-hydrogen) atoms. The number of likely N-dealkylation sites (tertiary alicyclic amines) is 1. The number of carbonyl (C=O) groups excluding carboxylic acids is 2. The van der Waals surface area contributed by atoms with Gasteiger partial charge in [-0.25, -0.2) is 9.59 Å². The summed E-state index contributed by atoms with van der Waals surface area (Å²) in [5, 5.41) is 2.89. The molecule has 0 radical (unpaired) electrons. The van der Waals surface area contributed by atoms with E-state index in [9.17, 15) is 9.59 Å². The Morgan fingerprint density at radius 3 is 2.21 bits per heavy atom. The van der Waals surface area contributed by atoms with E-state index < -0.39 is 5.97 Å². The highest BCUT2D eigenvalue weighted by molar-refractivity contribution is 6.00. The number of esters is 1. The van der Waals surface area contributed by atoms with E-state index >= 15 is 0 Å². The largest absolute Gasteiger partial charge is 0.462 e. The van der Waals surface area contributed by atoms with E-state index in [1.165, 1.54) is 16.7 Å². The standard InChI is InChI=1S/C28H30N2O3/c1-2-33-27(31)25-10-6-7-11-26(25)29-28(32)30-18-16-22(17-19-30)20-21-12-14-24(15-13-21)23-8-4-3-5-9-23/h3-15,22H,2,16-20H2,1H3,(H,29,32). The highest BCUT2D eigenvalue weighted by Gasteiger charge is 2.24. The summed E-state index contributed by atoms with van der Waals surface area (Å²) in [5.74, 6) is 0.133. The van der Waals surface area contributed by atoms with Crippen LogP contribution in [0.2, 0.25) is 0 Å². The maximum atomic E-state index is 12.8. The molecule has 4 rings (SSSR count). The number of carbonyl (C=O) groups is 2. The fraction of sp³-hybridized carbons (Fsp3) is 0.286. The van der Waals surface area contributed by atoms with Gasteiger partial charge in [-0.1, -0.05) is 66.7 Å².